The zero-order valence-electron chi connectivity index (χ0n) is 15.2. The third-order valence-corrected chi connectivity index (χ3v) is 5.83. The van der Waals surface area contributed by atoms with Crippen LogP contribution < -0.4 is 15.4 Å². The van der Waals surface area contributed by atoms with E-state index in [1.807, 2.05) is 24.4 Å². The average Bonchev–Trinajstić information content (AvgIpc) is 3.25. The van der Waals surface area contributed by atoms with Gasteiger partial charge in [-0.25, -0.2) is 4.98 Å². The van der Waals surface area contributed by atoms with Gasteiger partial charge in [0.2, 0.25) is 5.91 Å². The molecule has 142 valence electrons. The Balaban J connectivity index is 1.49. The van der Waals surface area contributed by atoms with Gasteiger partial charge in [-0.15, -0.1) is 22.7 Å². The van der Waals surface area contributed by atoms with Crippen molar-refractivity contribution in [2.24, 2.45) is 0 Å². The second kappa shape index (κ2) is 7.57. The van der Waals surface area contributed by atoms with Crippen molar-refractivity contribution in [2.75, 3.05) is 17.2 Å². The van der Waals surface area contributed by atoms with Crippen LogP contribution in [-0.2, 0) is 9.59 Å². The van der Waals surface area contributed by atoms with E-state index in [-0.39, 0.29) is 18.4 Å². The van der Waals surface area contributed by atoms with Crippen LogP contribution in [0.5, 0.6) is 5.75 Å². The first-order valence-corrected chi connectivity index (χ1v) is 10.3. The number of hydrogen-bond acceptors (Lipinski definition) is 6. The third-order valence-electron chi connectivity index (χ3n) is 3.99. The lowest BCUT2D eigenvalue weighted by Gasteiger charge is -2.10. The molecular formula is C20H17N3O3S2. The molecule has 0 unspecified atom stereocenters. The van der Waals surface area contributed by atoms with E-state index in [1.165, 1.54) is 6.92 Å². The Bertz CT molecular complexity index is 1200. The second-order valence-electron chi connectivity index (χ2n) is 6.22. The van der Waals surface area contributed by atoms with Crippen LogP contribution in [0.25, 0.3) is 20.3 Å². The van der Waals surface area contributed by atoms with E-state index < -0.39 is 0 Å². The monoisotopic (exact) mass is 411 g/mol. The maximum atomic E-state index is 12.3. The van der Waals surface area contributed by atoms with Gasteiger partial charge in [0, 0.05) is 29.8 Å². The smallest absolute Gasteiger partial charge is 0.262 e. The summed E-state index contributed by atoms with van der Waals surface area (Å²) in [6.45, 7) is 3.30. The first-order chi connectivity index (χ1) is 13.5. The number of rotatable bonds is 5. The minimum atomic E-state index is -0.274. The molecule has 4 aromatic rings. The molecule has 0 aliphatic carbocycles. The standard InChI is InChI=1S/C20H17N3O3S2/c1-11(24)21-13-4-3-5-14(8-13)23-18(25)10-26-16-9-17-19(22-12(2)28-17)20-15(16)6-7-27-20/h3-9H,10H2,1-2H3,(H,21,24)(H,23,25). The SMILES string of the molecule is CC(=O)Nc1cccc(NC(=O)COc2cc3sc(C)nc3c3sccc23)c1. The number of benzene rings is 2. The number of aromatic nitrogens is 1. The van der Waals surface area contributed by atoms with Gasteiger partial charge in [0.15, 0.2) is 6.61 Å². The van der Waals surface area contributed by atoms with Crippen molar-refractivity contribution in [1.82, 2.24) is 4.98 Å². The minimum absolute atomic E-state index is 0.112. The molecule has 0 radical (unpaired) electrons. The molecule has 0 bridgehead atoms. The number of nitrogens with zero attached hydrogens (tertiary/aromatic N) is 1. The molecule has 4 rings (SSSR count). The number of anilines is 2. The highest BCUT2D eigenvalue weighted by molar-refractivity contribution is 7.21. The van der Waals surface area contributed by atoms with E-state index in [2.05, 4.69) is 15.6 Å². The fraction of sp³-hybridized carbons (Fsp3) is 0.150. The molecule has 0 fully saturated rings. The number of thiazole rings is 1. The van der Waals surface area contributed by atoms with Gasteiger partial charge in [-0.2, -0.15) is 0 Å². The molecule has 2 aromatic carbocycles. The molecule has 2 amide bonds. The largest absolute Gasteiger partial charge is 0.483 e. The van der Waals surface area contributed by atoms with Crippen LogP contribution in [0.2, 0.25) is 0 Å². The third kappa shape index (κ3) is 3.83. The quantitative estimate of drug-likeness (QED) is 0.495. The van der Waals surface area contributed by atoms with Crippen molar-refractivity contribution >= 4 is 66.2 Å². The van der Waals surface area contributed by atoms with E-state index in [0.29, 0.717) is 17.1 Å². The molecule has 2 aromatic heterocycles. The van der Waals surface area contributed by atoms with Gasteiger partial charge in [-0.05, 0) is 36.6 Å². The number of hydrogen-bond donors (Lipinski definition) is 2. The summed E-state index contributed by atoms with van der Waals surface area (Å²) in [4.78, 5) is 28.1. The Hall–Kier alpha value is -2.97. The van der Waals surface area contributed by atoms with Crippen LogP contribution in [0.1, 0.15) is 11.9 Å². The van der Waals surface area contributed by atoms with Gasteiger partial charge in [0.25, 0.3) is 5.91 Å². The van der Waals surface area contributed by atoms with Gasteiger partial charge in [-0.3, -0.25) is 9.59 Å². The first-order valence-electron chi connectivity index (χ1n) is 8.57. The number of thiophene rings is 1. The molecule has 2 heterocycles. The predicted octanol–water partition coefficient (Wildman–Crippen LogP) is 4.80. The summed E-state index contributed by atoms with van der Waals surface area (Å²) in [6, 6.07) is 10.9. The number of fused-ring (bicyclic) bond motifs is 3. The Morgan fingerprint density at radius 3 is 2.71 bits per heavy atom. The number of aryl methyl sites for hydroxylation is 1. The molecule has 0 saturated carbocycles. The average molecular weight is 412 g/mol. The summed E-state index contributed by atoms with van der Waals surface area (Å²) in [6.07, 6.45) is 0. The van der Waals surface area contributed by atoms with Crippen LogP contribution in [0, 0.1) is 6.92 Å². The van der Waals surface area contributed by atoms with Gasteiger partial charge >= 0.3 is 0 Å². The lowest BCUT2D eigenvalue weighted by molar-refractivity contribution is -0.118. The van der Waals surface area contributed by atoms with Crippen molar-refractivity contribution in [2.45, 2.75) is 13.8 Å². The summed E-state index contributed by atoms with van der Waals surface area (Å²) >= 11 is 3.23. The molecule has 0 aliphatic heterocycles. The van der Waals surface area contributed by atoms with Crippen molar-refractivity contribution < 1.29 is 14.3 Å². The van der Waals surface area contributed by atoms with Crippen molar-refractivity contribution in [3.63, 3.8) is 0 Å². The fourth-order valence-electron chi connectivity index (χ4n) is 2.92. The minimum Gasteiger partial charge on any atom is -0.483 e. The van der Waals surface area contributed by atoms with Gasteiger partial charge in [0.1, 0.15) is 5.75 Å². The molecule has 8 heteroatoms. The summed E-state index contributed by atoms with van der Waals surface area (Å²) in [7, 11) is 0. The highest BCUT2D eigenvalue weighted by Gasteiger charge is 2.14. The number of nitrogens with one attached hydrogen (secondary N) is 2. The maximum Gasteiger partial charge on any atom is 0.262 e. The Morgan fingerprint density at radius 1 is 1.14 bits per heavy atom. The fourth-order valence-corrected chi connectivity index (χ4v) is 4.76. The molecule has 0 atom stereocenters. The van der Waals surface area contributed by atoms with E-state index in [1.54, 1.807) is 46.9 Å². The molecule has 0 aliphatic rings. The first kappa shape index (κ1) is 18.4. The van der Waals surface area contributed by atoms with E-state index in [9.17, 15) is 9.59 Å². The molecule has 2 N–H and O–H groups in total. The Labute approximate surface area is 169 Å². The highest BCUT2D eigenvalue weighted by Crippen LogP contribution is 2.38. The highest BCUT2D eigenvalue weighted by atomic mass is 32.1. The molecule has 0 spiro atoms. The van der Waals surface area contributed by atoms with Crippen LogP contribution in [0.4, 0.5) is 11.4 Å². The molecule has 6 nitrogen and oxygen atoms in total. The van der Waals surface area contributed by atoms with E-state index >= 15 is 0 Å². The van der Waals surface area contributed by atoms with Crippen molar-refractivity contribution in [3.05, 3.63) is 46.8 Å². The molecular weight excluding hydrogens is 394 g/mol. The number of carbonyl (C=O) groups is 2. The predicted molar refractivity (Wildman–Crippen MR) is 115 cm³/mol. The Kier molecular flexibility index (Phi) is 4.97. The van der Waals surface area contributed by atoms with E-state index in [4.69, 9.17) is 4.74 Å². The Morgan fingerprint density at radius 2 is 1.93 bits per heavy atom. The van der Waals surface area contributed by atoms with Crippen molar-refractivity contribution in [3.8, 4) is 5.75 Å². The summed E-state index contributed by atoms with van der Waals surface area (Å²) in [5.74, 6) is 0.235. The summed E-state index contributed by atoms with van der Waals surface area (Å²) < 4.78 is 7.94. The number of carbonyl (C=O) groups excluding carboxylic acids is 2. The zero-order valence-corrected chi connectivity index (χ0v) is 16.9. The zero-order chi connectivity index (χ0) is 19.7. The number of ether oxygens (including phenoxy) is 1. The summed E-state index contributed by atoms with van der Waals surface area (Å²) in [5.41, 5.74) is 2.20. The van der Waals surface area contributed by atoms with Gasteiger partial charge in [0.05, 0.1) is 19.9 Å². The molecule has 28 heavy (non-hydrogen) atoms. The van der Waals surface area contributed by atoms with Gasteiger partial charge < -0.3 is 15.4 Å². The van der Waals surface area contributed by atoms with E-state index in [0.717, 1.165) is 25.3 Å². The summed E-state index contributed by atoms with van der Waals surface area (Å²) in [5, 5.41) is 9.43. The maximum absolute atomic E-state index is 12.3. The van der Waals surface area contributed by atoms with Crippen LogP contribution >= 0.6 is 22.7 Å². The lowest BCUT2D eigenvalue weighted by Crippen LogP contribution is -2.20. The second-order valence-corrected chi connectivity index (χ2v) is 8.37. The topological polar surface area (TPSA) is 80.3 Å². The normalized spacial score (nSPS) is 10.9. The van der Waals surface area contributed by atoms with Gasteiger partial charge in [-0.1, -0.05) is 6.07 Å². The van der Waals surface area contributed by atoms with Crippen LogP contribution in [0.15, 0.2) is 41.8 Å². The van der Waals surface area contributed by atoms with Crippen LogP contribution in [0.3, 0.4) is 0 Å². The lowest BCUT2D eigenvalue weighted by atomic mass is 10.2. The van der Waals surface area contributed by atoms with Crippen LogP contribution in [-0.4, -0.2) is 23.4 Å². The van der Waals surface area contributed by atoms with Crippen molar-refractivity contribution in [1.29, 1.82) is 0 Å². The number of amides is 2. The molecule has 0 saturated heterocycles.